The molecule has 10 heteroatoms. The summed E-state index contributed by atoms with van der Waals surface area (Å²) < 4.78 is 0. The maximum Gasteiger partial charge on any atom is 0.259 e. The monoisotopic (exact) mass is 517 g/mol. The molecule has 178 valence electrons. The number of fused-ring (bicyclic) bond motifs is 2. The number of halogens is 2. The number of carbonyl (C=O) groups excluding carboxylic acids is 2. The average Bonchev–Trinajstić information content (AvgIpc) is 2.95. The number of pyridine rings is 2. The van der Waals surface area contributed by atoms with Gasteiger partial charge in [0.05, 0.1) is 16.9 Å². The first-order valence-corrected chi connectivity index (χ1v) is 11.4. The quantitative estimate of drug-likeness (QED) is 0.524. The van der Waals surface area contributed by atoms with Gasteiger partial charge >= 0.3 is 0 Å². The molecule has 2 aliphatic heterocycles. The lowest BCUT2D eigenvalue weighted by atomic mass is 10.2. The third kappa shape index (κ3) is 5.52. The summed E-state index contributed by atoms with van der Waals surface area (Å²) in [5.74, 6) is -0.211. The molecule has 1 saturated heterocycles. The smallest absolute Gasteiger partial charge is 0.259 e. The van der Waals surface area contributed by atoms with Gasteiger partial charge in [-0.05, 0) is 36.4 Å². The van der Waals surface area contributed by atoms with Crippen LogP contribution in [0.15, 0.2) is 76.9 Å². The maximum atomic E-state index is 13.4. The number of nitrogens with zero attached hydrogens (tertiary/aromatic N) is 5. The fourth-order valence-electron chi connectivity index (χ4n) is 4.03. The van der Waals surface area contributed by atoms with E-state index in [0.717, 1.165) is 35.2 Å². The Hall–Kier alpha value is -2.65. The van der Waals surface area contributed by atoms with Crippen LogP contribution in [0.4, 0.5) is 5.69 Å². The van der Waals surface area contributed by atoms with Crippen LogP contribution in [0.2, 0.25) is 0 Å². The van der Waals surface area contributed by atoms with Crippen LogP contribution in [0, 0.1) is 0 Å². The molecule has 0 bridgehead atoms. The molecule has 0 N–H and O–H groups in total. The van der Waals surface area contributed by atoms with Crippen LogP contribution in [0.5, 0.6) is 0 Å². The fourth-order valence-corrected chi connectivity index (χ4v) is 5.04. The van der Waals surface area contributed by atoms with Gasteiger partial charge in [0, 0.05) is 50.0 Å². The summed E-state index contributed by atoms with van der Waals surface area (Å²) in [6.07, 6.45) is 3.52. The molecule has 2 amide bonds. The Kier molecular flexibility index (Phi) is 8.90. The minimum Gasteiger partial charge on any atom is -0.339 e. The van der Waals surface area contributed by atoms with Gasteiger partial charge in [0.25, 0.3) is 5.91 Å². The highest BCUT2D eigenvalue weighted by atomic mass is 35.5. The third-order valence-electron chi connectivity index (χ3n) is 5.74. The van der Waals surface area contributed by atoms with Gasteiger partial charge in [0.2, 0.25) is 5.91 Å². The summed E-state index contributed by atoms with van der Waals surface area (Å²) >= 11 is 1.46. The normalized spacial score (nSPS) is 15.4. The minimum atomic E-state index is -0.165. The van der Waals surface area contributed by atoms with E-state index < -0.39 is 0 Å². The molecular weight excluding hydrogens is 493 g/mol. The number of amides is 2. The largest absolute Gasteiger partial charge is 0.339 e. The standard InChI is InChI=1S/C24H23N5O2S.2ClH/c30-22(28-14-12-27(13-15-28)16-18-6-3-4-10-25-18)17-29-20-8-5-11-26-23(20)32-21-9-2-1-7-19(21)24(29)31;;/h1-11H,12-17H2;2*1H. The van der Waals surface area contributed by atoms with Gasteiger partial charge in [-0.3, -0.25) is 24.4 Å². The Morgan fingerprint density at radius 2 is 1.62 bits per heavy atom. The molecule has 5 rings (SSSR count). The Morgan fingerprint density at radius 3 is 2.38 bits per heavy atom. The highest BCUT2D eigenvalue weighted by Crippen LogP contribution is 2.39. The van der Waals surface area contributed by atoms with Crippen LogP contribution in [0.3, 0.4) is 0 Å². The van der Waals surface area contributed by atoms with E-state index >= 15 is 0 Å². The molecule has 34 heavy (non-hydrogen) atoms. The van der Waals surface area contributed by atoms with Crippen LogP contribution < -0.4 is 4.90 Å². The number of aromatic nitrogens is 2. The van der Waals surface area contributed by atoms with E-state index in [0.29, 0.717) is 24.3 Å². The van der Waals surface area contributed by atoms with Crippen molar-refractivity contribution in [2.24, 2.45) is 0 Å². The van der Waals surface area contributed by atoms with Gasteiger partial charge < -0.3 is 4.90 Å². The lowest BCUT2D eigenvalue weighted by Crippen LogP contribution is -2.51. The fraction of sp³-hybridized carbons (Fsp3) is 0.250. The van der Waals surface area contributed by atoms with Crippen LogP contribution >= 0.6 is 36.6 Å². The van der Waals surface area contributed by atoms with Crippen molar-refractivity contribution in [2.75, 3.05) is 37.6 Å². The first kappa shape index (κ1) is 26.0. The van der Waals surface area contributed by atoms with Crippen LogP contribution in [0.25, 0.3) is 0 Å². The summed E-state index contributed by atoms with van der Waals surface area (Å²) in [6, 6.07) is 17.1. The second-order valence-electron chi connectivity index (χ2n) is 7.80. The first-order chi connectivity index (χ1) is 15.7. The van der Waals surface area contributed by atoms with Crippen molar-refractivity contribution in [3.8, 4) is 0 Å². The van der Waals surface area contributed by atoms with E-state index in [1.54, 1.807) is 23.4 Å². The third-order valence-corrected chi connectivity index (χ3v) is 6.83. The highest BCUT2D eigenvalue weighted by molar-refractivity contribution is 7.99. The van der Waals surface area contributed by atoms with E-state index in [9.17, 15) is 9.59 Å². The molecule has 0 saturated carbocycles. The van der Waals surface area contributed by atoms with Crippen molar-refractivity contribution in [3.63, 3.8) is 0 Å². The second kappa shape index (κ2) is 11.7. The number of anilines is 1. The molecular formula is C24H25Cl2N5O2S. The first-order valence-electron chi connectivity index (χ1n) is 10.6. The zero-order chi connectivity index (χ0) is 21.9. The molecule has 0 atom stereocenters. The van der Waals surface area contributed by atoms with Crippen molar-refractivity contribution in [1.82, 2.24) is 19.8 Å². The Morgan fingerprint density at radius 1 is 0.882 bits per heavy atom. The van der Waals surface area contributed by atoms with Crippen molar-refractivity contribution < 1.29 is 9.59 Å². The van der Waals surface area contributed by atoms with Crippen molar-refractivity contribution >= 4 is 54.1 Å². The predicted molar refractivity (Wildman–Crippen MR) is 137 cm³/mol. The Bertz CT molecular complexity index is 1140. The van der Waals surface area contributed by atoms with Gasteiger partial charge in [-0.2, -0.15) is 0 Å². The van der Waals surface area contributed by atoms with Crippen molar-refractivity contribution in [2.45, 2.75) is 16.5 Å². The average molecular weight is 518 g/mol. The molecule has 0 unspecified atom stereocenters. The van der Waals surface area contributed by atoms with E-state index in [1.165, 1.54) is 11.8 Å². The van der Waals surface area contributed by atoms with Gasteiger partial charge in [-0.25, -0.2) is 4.98 Å². The predicted octanol–water partition coefficient (Wildman–Crippen LogP) is 3.78. The summed E-state index contributed by atoms with van der Waals surface area (Å²) in [7, 11) is 0. The molecule has 0 spiro atoms. The number of piperazine rings is 1. The van der Waals surface area contributed by atoms with Gasteiger partial charge in [-0.1, -0.05) is 30.0 Å². The van der Waals surface area contributed by atoms with Crippen LogP contribution in [0.1, 0.15) is 16.1 Å². The van der Waals surface area contributed by atoms with Crippen molar-refractivity contribution in [1.29, 1.82) is 0 Å². The van der Waals surface area contributed by atoms with Gasteiger partial charge in [0.1, 0.15) is 11.6 Å². The zero-order valence-corrected chi connectivity index (χ0v) is 20.8. The second-order valence-corrected chi connectivity index (χ2v) is 8.83. The topological polar surface area (TPSA) is 69.6 Å². The molecule has 2 aliphatic rings. The molecule has 0 aliphatic carbocycles. The number of benzene rings is 1. The number of carbonyl (C=O) groups is 2. The summed E-state index contributed by atoms with van der Waals surface area (Å²) in [5.41, 5.74) is 2.31. The minimum absolute atomic E-state index is 0. The lowest BCUT2D eigenvalue weighted by molar-refractivity contribution is -0.131. The van der Waals surface area contributed by atoms with E-state index in [-0.39, 0.29) is 43.2 Å². The van der Waals surface area contributed by atoms with Gasteiger partial charge in [0.15, 0.2) is 0 Å². The van der Waals surface area contributed by atoms with E-state index in [4.69, 9.17) is 0 Å². The summed E-state index contributed by atoms with van der Waals surface area (Å²) in [6.45, 7) is 3.63. The Labute approximate surface area is 215 Å². The SMILES string of the molecule is Cl.Cl.O=C(CN1C(=O)c2ccccc2Sc2ncccc21)N1CCN(Cc2ccccn2)CC1. The maximum absolute atomic E-state index is 13.4. The lowest BCUT2D eigenvalue weighted by Gasteiger charge is -2.35. The van der Waals surface area contributed by atoms with Crippen LogP contribution in [-0.2, 0) is 11.3 Å². The molecule has 2 aromatic heterocycles. The molecule has 3 aromatic rings. The summed E-state index contributed by atoms with van der Waals surface area (Å²) in [4.78, 5) is 42.0. The molecule has 7 nitrogen and oxygen atoms in total. The van der Waals surface area contributed by atoms with Crippen molar-refractivity contribution in [3.05, 3.63) is 78.2 Å². The molecule has 0 radical (unpaired) electrons. The highest BCUT2D eigenvalue weighted by Gasteiger charge is 2.31. The van der Waals surface area contributed by atoms with Gasteiger partial charge in [-0.15, -0.1) is 24.8 Å². The Balaban J connectivity index is 0.00000162. The van der Waals surface area contributed by atoms with E-state index in [1.807, 2.05) is 53.4 Å². The number of rotatable bonds is 4. The number of hydrogen-bond donors (Lipinski definition) is 0. The molecule has 1 aromatic carbocycles. The van der Waals surface area contributed by atoms with E-state index in [2.05, 4.69) is 14.9 Å². The molecule has 4 heterocycles. The number of hydrogen-bond acceptors (Lipinski definition) is 6. The molecule has 1 fully saturated rings. The zero-order valence-electron chi connectivity index (χ0n) is 18.4. The van der Waals surface area contributed by atoms with Crippen LogP contribution in [-0.4, -0.2) is 64.3 Å². The summed E-state index contributed by atoms with van der Waals surface area (Å²) in [5, 5.41) is 0.735.